The Morgan fingerprint density at radius 1 is 1.19 bits per heavy atom. The Morgan fingerprint density at radius 2 is 1.97 bits per heavy atom. The monoisotopic (exact) mass is 420 g/mol. The van der Waals surface area contributed by atoms with Gasteiger partial charge in [-0.1, -0.05) is 61.5 Å². The molecule has 0 saturated heterocycles. The predicted octanol–water partition coefficient (Wildman–Crippen LogP) is 4.39. The first-order chi connectivity index (χ1) is 14.9. The minimum atomic E-state index is -0.469. The van der Waals surface area contributed by atoms with E-state index in [9.17, 15) is 14.9 Å². The van der Waals surface area contributed by atoms with Crippen molar-refractivity contribution in [2.24, 2.45) is 5.92 Å². The molecule has 0 aliphatic rings. The molecule has 0 unspecified atom stereocenters. The molecule has 0 radical (unpaired) electrons. The number of nitro benzene ring substituents is 1. The van der Waals surface area contributed by atoms with Crippen LogP contribution in [0.4, 0.5) is 5.69 Å². The zero-order valence-electron chi connectivity index (χ0n) is 17.5. The first kappa shape index (κ1) is 21.9. The number of nitro groups is 1. The van der Waals surface area contributed by atoms with Gasteiger partial charge in [-0.15, -0.1) is 0 Å². The Hall–Kier alpha value is -3.81. The number of rotatable bonds is 9. The van der Waals surface area contributed by atoms with E-state index in [0.29, 0.717) is 36.9 Å². The summed E-state index contributed by atoms with van der Waals surface area (Å²) in [6.07, 6.45) is 3.75. The number of hydrogen-bond acceptors (Lipinski definition) is 6. The molecule has 0 aliphatic carbocycles. The van der Waals surface area contributed by atoms with Crippen LogP contribution in [0.25, 0.3) is 17.5 Å². The SMILES string of the molecule is CC(C)CN(CCc1nc(-c2cccc([N+](=O)[O-])c2)no1)C(=O)C=Cc1ccccc1. The fraction of sp³-hybridized carbons (Fsp3) is 0.261. The largest absolute Gasteiger partial charge is 0.339 e. The molecule has 8 heteroatoms. The number of hydrogen-bond donors (Lipinski definition) is 0. The third-order valence-electron chi connectivity index (χ3n) is 4.49. The number of carbonyl (C=O) groups excluding carboxylic acids is 1. The van der Waals surface area contributed by atoms with Crippen LogP contribution in [0.2, 0.25) is 0 Å². The van der Waals surface area contributed by atoms with E-state index in [1.165, 1.54) is 12.1 Å². The minimum Gasteiger partial charge on any atom is -0.339 e. The Morgan fingerprint density at radius 3 is 2.68 bits per heavy atom. The number of carbonyl (C=O) groups is 1. The summed E-state index contributed by atoms with van der Waals surface area (Å²) in [5, 5.41) is 14.9. The summed E-state index contributed by atoms with van der Waals surface area (Å²) in [6, 6.07) is 15.7. The molecule has 8 nitrogen and oxygen atoms in total. The summed E-state index contributed by atoms with van der Waals surface area (Å²) in [7, 11) is 0. The molecule has 0 N–H and O–H groups in total. The Kier molecular flexibility index (Phi) is 7.26. The van der Waals surface area contributed by atoms with Gasteiger partial charge in [0.1, 0.15) is 0 Å². The third-order valence-corrected chi connectivity index (χ3v) is 4.49. The van der Waals surface area contributed by atoms with Crippen LogP contribution in [-0.2, 0) is 11.2 Å². The van der Waals surface area contributed by atoms with Gasteiger partial charge in [0.25, 0.3) is 5.69 Å². The molecule has 0 fully saturated rings. The van der Waals surface area contributed by atoms with Gasteiger partial charge in [-0.3, -0.25) is 14.9 Å². The fourth-order valence-corrected chi connectivity index (χ4v) is 3.03. The summed E-state index contributed by atoms with van der Waals surface area (Å²) in [5.41, 5.74) is 1.42. The van der Waals surface area contributed by atoms with Crippen LogP contribution < -0.4 is 0 Å². The average molecular weight is 420 g/mol. The van der Waals surface area contributed by atoms with Crippen LogP contribution in [-0.4, -0.2) is 39.0 Å². The Bertz CT molecular complexity index is 1060. The van der Waals surface area contributed by atoms with Gasteiger partial charge < -0.3 is 9.42 Å². The second-order valence-electron chi connectivity index (χ2n) is 7.49. The Balaban J connectivity index is 1.66. The van der Waals surface area contributed by atoms with Crippen molar-refractivity contribution < 1.29 is 14.2 Å². The molecule has 31 heavy (non-hydrogen) atoms. The highest BCUT2D eigenvalue weighted by Gasteiger charge is 2.16. The molecule has 0 saturated carbocycles. The van der Waals surface area contributed by atoms with E-state index in [-0.39, 0.29) is 17.4 Å². The summed E-state index contributed by atoms with van der Waals surface area (Å²) in [4.78, 5) is 29.3. The van der Waals surface area contributed by atoms with Gasteiger partial charge in [-0.2, -0.15) is 4.98 Å². The van der Waals surface area contributed by atoms with Crippen molar-refractivity contribution in [2.45, 2.75) is 20.3 Å². The summed E-state index contributed by atoms with van der Waals surface area (Å²) >= 11 is 0. The smallest absolute Gasteiger partial charge is 0.270 e. The number of amides is 1. The van der Waals surface area contributed by atoms with Crippen molar-refractivity contribution in [3.63, 3.8) is 0 Å². The van der Waals surface area contributed by atoms with E-state index in [1.54, 1.807) is 29.2 Å². The highest BCUT2D eigenvalue weighted by atomic mass is 16.6. The van der Waals surface area contributed by atoms with E-state index in [4.69, 9.17) is 4.52 Å². The standard InChI is InChI=1S/C23H24N4O4/c1-17(2)16-26(22(28)12-11-18-7-4-3-5-8-18)14-13-21-24-23(25-31-21)19-9-6-10-20(15-19)27(29)30/h3-12,15,17H,13-14,16H2,1-2H3. The molecule has 1 aromatic heterocycles. The molecular weight excluding hydrogens is 396 g/mol. The van der Waals surface area contributed by atoms with Gasteiger partial charge in [0.15, 0.2) is 0 Å². The summed E-state index contributed by atoms with van der Waals surface area (Å²) in [5.74, 6) is 0.868. The van der Waals surface area contributed by atoms with E-state index in [1.807, 2.05) is 44.2 Å². The van der Waals surface area contributed by atoms with Crippen LogP contribution >= 0.6 is 0 Å². The van der Waals surface area contributed by atoms with E-state index >= 15 is 0 Å². The summed E-state index contributed by atoms with van der Waals surface area (Å²) in [6.45, 7) is 5.12. The predicted molar refractivity (Wildman–Crippen MR) is 117 cm³/mol. The van der Waals surface area contributed by atoms with Crippen molar-refractivity contribution in [1.29, 1.82) is 0 Å². The number of nitrogens with zero attached hydrogens (tertiary/aromatic N) is 4. The van der Waals surface area contributed by atoms with Crippen molar-refractivity contribution in [2.75, 3.05) is 13.1 Å². The van der Waals surface area contributed by atoms with Crippen LogP contribution in [0.1, 0.15) is 25.3 Å². The van der Waals surface area contributed by atoms with Crippen LogP contribution in [0.3, 0.4) is 0 Å². The van der Waals surface area contributed by atoms with E-state index in [2.05, 4.69) is 10.1 Å². The van der Waals surface area contributed by atoms with Crippen molar-refractivity contribution in [3.05, 3.63) is 82.2 Å². The third kappa shape index (κ3) is 6.33. The van der Waals surface area contributed by atoms with E-state index in [0.717, 1.165) is 5.56 Å². The van der Waals surface area contributed by atoms with Gasteiger partial charge in [-0.05, 0) is 17.6 Å². The maximum atomic E-state index is 12.7. The van der Waals surface area contributed by atoms with Crippen molar-refractivity contribution in [3.8, 4) is 11.4 Å². The fourth-order valence-electron chi connectivity index (χ4n) is 3.03. The maximum Gasteiger partial charge on any atom is 0.270 e. The molecule has 160 valence electrons. The topological polar surface area (TPSA) is 102 Å². The van der Waals surface area contributed by atoms with Crippen molar-refractivity contribution >= 4 is 17.7 Å². The molecule has 0 aliphatic heterocycles. The highest BCUT2D eigenvalue weighted by molar-refractivity contribution is 5.91. The quantitative estimate of drug-likeness (QED) is 0.289. The van der Waals surface area contributed by atoms with Gasteiger partial charge in [0.05, 0.1) is 4.92 Å². The number of benzene rings is 2. The average Bonchev–Trinajstić information content (AvgIpc) is 3.24. The first-order valence-corrected chi connectivity index (χ1v) is 10.0. The number of aromatic nitrogens is 2. The van der Waals surface area contributed by atoms with Gasteiger partial charge in [0, 0.05) is 43.3 Å². The molecule has 0 atom stereocenters. The molecule has 0 spiro atoms. The van der Waals surface area contributed by atoms with Gasteiger partial charge in [-0.25, -0.2) is 0 Å². The van der Waals surface area contributed by atoms with Crippen LogP contribution in [0.5, 0.6) is 0 Å². The second kappa shape index (κ2) is 10.3. The molecule has 3 aromatic rings. The highest BCUT2D eigenvalue weighted by Crippen LogP contribution is 2.21. The zero-order valence-corrected chi connectivity index (χ0v) is 17.5. The molecule has 1 heterocycles. The maximum absolute atomic E-state index is 12.7. The van der Waals surface area contributed by atoms with Crippen LogP contribution in [0.15, 0.2) is 65.2 Å². The number of non-ortho nitro benzene ring substituents is 1. The molecular formula is C23H24N4O4. The normalized spacial score (nSPS) is 11.2. The molecule has 3 rings (SSSR count). The lowest BCUT2D eigenvalue weighted by atomic mass is 10.2. The lowest BCUT2D eigenvalue weighted by Gasteiger charge is -2.22. The second-order valence-corrected chi connectivity index (χ2v) is 7.49. The zero-order chi connectivity index (χ0) is 22.2. The molecule has 0 bridgehead atoms. The molecule has 2 aromatic carbocycles. The van der Waals surface area contributed by atoms with Gasteiger partial charge in [0.2, 0.25) is 17.6 Å². The van der Waals surface area contributed by atoms with Gasteiger partial charge >= 0.3 is 0 Å². The molecule has 1 amide bonds. The lowest BCUT2D eigenvalue weighted by molar-refractivity contribution is -0.384. The summed E-state index contributed by atoms with van der Waals surface area (Å²) < 4.78 is 5.30. The van der Waals surface area contributed by atoms with Crippen LogP contribution in [0, 0.1) is 16.0 Å². The lowest BCUT2D eigenvalue weighted by Crippen LogP contribution is -2.34. The van der Waals surface area contributed by atoms with Crippen molar-refractivity contribution in [1.82, 2.24) is 15.0 Å². The Labute approximate surface area is 180 Å². The first-order valence-electron chi connectivity index (χ1n) is 10.0. The van der Waals surface area contributed by atoms with E-state index < -0.39 is 4.92 Å². The minimum absolute atomic E-state index is 0.0391.